The maximum absolute atomic E-state index is 13.9. The van der Waals surface area contributed by atoms with E-state index < -0.39 is 5.76 Å². The first-order chi connectivity index (χ1) is 9.54. The van der Waals surface area contributed by atoms with Crippen LogP contribution >= 0.6 is 15.9 Å². The third kappa shape index (κ3) is 2.29. The minimum Gasteiger partial charge on any atom is -0.408 e. The van der Waals surface area contributed by atoms with E-state index in [9.17, 15) is 9.18 Å². The van der Waals surface area contributed by atoms with E-state index >= 15 is 0 Å². The lowest BCUT2D eigenvalue weighted by molar-refractivity contribution is 0.512. The third-order valence-corrected chi connectivity index (χ3v) is 3.66. The first kappa shape index (κ1) is 13.1. The molecule has 1 aromatic heterocycles. The smallest absolute Gasteiger partial charge is 0.408 e. The standard InChI is InChI=1S/C15H11BrFNO2/c1-9-2-5-14-13(6-9)18(15(19)20-14)8-10-3-4-11(16)7-12(10)17/h2-7H,8H2,1H3. The van der Waals surface area contributed by atoms with Crippen molar-refractivity contribution in [2.45, 2.75) is 13.5 Å². The van der Waals surface area contributed by atoms with Crippen molar-refractivity contribution in [1.82, 2.24) is 4.57 Å². The number of nitrogens with zero attached hydrogens (tertiary/aromatic N) is 1. The van der Waals surface area contributed by atoms with Gasteiger partial charge in [-0.1, -0.05) is 28.1 Å². The molecule has 3 rings (SSSR count). The van der Waals surface area contributed by atoms with Crippen molar-refractivity contribution in [2.75, 3.05) is 0 Å². The summed E-state index contributed by atoms with van der Waals surface area (Å²) < 4.78 is 21.1. The van der Waals surface area contributed by atoms with Gasteiger partial charge in [0.25, 0.3) is 0 Å². The molecular weight excluding hydrogens is 325 g/mol. The van der Waals surface area contributed by atoms with E-state index in [1.54, 1.807) is 18.2 Å². The molecule has 3 aromatic rings. The second-order valence-electron chi connectivity index (χ2n) is 4.66. The Bertz CT molecular complexity index is 851. The van der Waals surface area contributed by atoms with Crippen LogP contribution in [0.15, 0.2) is 50.1 Å². The van der Waals surface area contributed by atoms with Crippen LogP contribution in [0, 0.1) is 12.7 Å². The molecule has 0 aliphatic heterocycles. The molecule has 0 spiro atoms. The second-order valence-corrected chi connectivity index (χ2v) is 5.58. The van der Waals surface area contributed by atoms with E-state index in [1.165, 1.54) is 10.6 Å². The van der Waals surface area contributed by atoms with Crippen LogP contribution in [0.4, 0.5) is 4.39 Å². The first-order valence-electron chi connectivity index (χ1n) is 6.08. The minimum atomic E-state index is -0.479. The van der Waals surface area contributed by atoms with E-state index in [0.29, 0.717) is 21.1 Å². The molecule has 1 heterocycles. The first-order valence-corrected chi connectivity index (χ1v) is 6.88. The zero-order valence-electron chi connectivity index (χ0n) is 10.7. The van der Waals surface area contributed by atoms with Gasteiger partial charge in [0.2, 0.25) is 0 Å². The van der Waals surface area contributed by atoms with Gasteiger partial charge in [-0.3, -0.25) is 4.57 Å². The number of hydrogen-bond acceptors (Lipinski definition) is 2. The predicted octanol–water partition coefficient (Wildman–Crippen LogP) is 3.85. The van der Waals surface area contributed by atoms with Crippen LogP contribution in [0.5, 0.6) is 0 Å². The molecule has 0 radical (unpaired) electrons. The van der Waals surface area contributed by atoms with Gasteiger partial charge in [-0.15, -0.1) is 0 Å². The maximum atomic E-state index is 13.9. The van der Waals surface area contributed by atoms with Gasteiger partial charge in [0.05, 0.1) is 12.1 Å². The van der Waals surface area contributed by atoms with Gasteiger partial charge < -0.3 is 4.42 Å². The number of aromatic nitrogens is 1. The minimum absolute atomic E-state index is 0.147. The Kier molecular flexibility index (Phi) is 3.22. The summed E-state index contributed by atoms with van der Waals surface area (Å²) in [5.74, 6) is -0.832. The summed E-state index contributed by atoms with van der Waals surface area (Å²) in [4.78, 5) is 11.9. The van der Waals surface area contributed by atoms with Crippen molar-refractivity contribution >= 4 is 27.0 Å². The van der Waals surface area contributed by atoms with Crippen LogP contribution in [-0.4, -0.2) is 4.57 Å². The molecule has 0 N–H and O–H groups in total. The number of benzene rings is 2. The number of oxazole rings is 1. The van der Waals surface area contributed by atoms with Crippen molar-refractivity contribution in [3.8, 4) is 0 Å². The molecule has 0 aliphatic rings. The van der Waals surface area contributed by atoms with Gasteiger partial charge in [-0.05, 0) is 36.8 Å². The topological polar surface area (TPSA) is 35.1 Å². The lowest BCUT2D eigenvalue weighted by Crippen LogP contribution is -2.15. The Morgan fingerprint density at radius 1 is 1.25 bits per heavy atom. The zero-order chi connectivity index (χ0) is 14.3. The summed E-state index contributed by atoms with van der Waals surface area (Å²) in [7, 11) is 0. The Labute approximate surface area is 122 Å². The van der Waals surface area contributed by atoms with E-state index in [2.05, 4.69) is 15.9 Å². The molecule has 20 heavy (non-hydrogen) atoms. The summed E-state index contributed by atoms with van der Waals surface area (Å²) in [6, 6.07) is 10.3. The highest BCUT2D eigenvalue weighted by atomic mass is 79.9. The van der Waals surface area contributed by atoms with E-state index in [1.807, 2.05) is 19.1 Å². The molecule has 0 aliphatic carbocycles. The SMILES string of the molecule is Cc1ccc2oc(=O)n(Cc3ccc(Br)cc3F)c2c1. The molecule has 5 heteroatoms. The van der Waals surface area contributed by atoms with E-state index in [-0.39, 0.29) is 12.4 Å². The lowest BCUT2D eigenvalue weighted by atomic mass is 10.2. The van der Waals surface area contributed by atoms with Crippen molar-refractivity contribution in [2.24, 2.45) is 0 Å². The van der Waals surface area contributed by atoms with Crippen molar-refractivity contribution < 1.29 is 8.81 Å². The molecule has 2 aromatic carbocycles. The fourth-order valence-electron chi connectivity index (χ4n) is 2.14. The Balaban J connectivity index is 2.12. The normalized spacial score (nSPS) is 11.2. The van der Waals surface area contributed by atoms with Gasteiger partial charge in [0.1, 0.15) is 5.82 Å². The molecule has 0 bridgehead atoms. The fourth-order valence-corrected chi connectivity index (χ4v) is 2.48. The monoisotopic (exact) mass is 335 g/mol. The third-order valence-electron chi connectivity index (χ3n) is 3.17. The highest BCUT2D eigenvalue weighted by Gasteiger charge is 2.12. The van der Waals surface area contributed by atoms with Gasteiger partial charge in [-0.2, -0.15) is 0 Å². The highest BCUT2D eigenvalue weighted by molar-refractivity contribution is 9.10. The van der Waals surface area contributed by atoms with Gasteiger partial charge in [0.15, 0.2) is 5.58 Å². The maximum Gasteiger partial charge on any atom is 0.420 e. The Morgan fingerprint density at radius 3 is 2.80 bits per heavy atom. The molecule has 0 amide bonds. The van der Waals surface area contributed by atoms with Crippen molar-refractivity contribution in [3.63, 3.8) is 0 Å². The van der Waals surface area contributed by atoms with Gasteiger partial charge in [-0.25, -0.2) is 9.18 Å². The molecule has 102 valence electrons. The zero-order valence-corrected chi connectivity index (χ0v) is 12.3. The quantitative estimate of drug-likeness (QED) is 0.712. The summed E-state index contributed by atoms with van der Waals surface area (Å²) in [6.07, 6.45) is 0. The van der Waals surface area contributed by atoms with Crippen LogP contribution in [0.2, 0.25) is 0 Å². The van der Waals surface area contributed by atoms with E-state index in [0.717, 1.165) is 5.56 Å². The van der Waals surface area contributed by atoms with Crippen LogP contribution in [0.3, 0.4) is 0 Å². The highest BCUT2D eigenvalue weighted by Crippen LogP contribution is 2.19. The molecule has 0 saturated carbocycles. The number of fused-ring (bicyclic) bond motifs is 1. The van der Waals surface area contributed by atoms with Crippen LogP contribution in [-0.2, 0) is 6.54 Å². The number of rotatable bonds is 2. The largest absolute Gasteiger partial charge is 0.420 e. The summed E-state index contributed by atoms with van der Waals surface area (Å²) in [5, 5.41) is 0. The molecule has 0 saturated heterocycles. The number of halogens is 2. The lowest BCUT2D eigenvalue weighted by Gasteiger charge is -2.05. The van der Waals surface area contributed by atoms with E-state index in [4.69, 9.17) is 4.42 Å². The van der Waals surface area contributed by atoms with Crippen molar-refractivity contribution in [3.05, 3.63) is 68.4 Å². The van der Waals surface area contributed by atoms with Crippen LogP contribution < -0.4 is 5.76 Å². The van der Waals surface area contributed by atoms with Crippen molar-refractivity contribution in [1.29, 1.82) is 0 Å². The number of hydrogen-bond donors (Lipinski definition) is 0. The molecular formula is C15H11BrFNO2. The molecule has 0 unspecified atom stereocenters. The fraction of sp³-hybridized carbons (Fsp3) is 0.133. The average molecular weight is 336 g/mol. The Hall–Kier alpha value is -1.88. The summed E-state index contributed by atoms with van der Waals surface area (Å²) >= 11 is 3.21. The Morgan fingerprint density at radius 2 is 2.05 bits per heavy atom. The van der Waals surface area contributed by atoms with Crippen LogP contribution in [0.25, 0.3) is 11.1 Å². The predicted molar refractivity (Wildman–Crippen MR) is 78.4 cm³/mol. The summed E-state index contributed by atoms with van der Waals surface area (Å²) in [5.41, 5.74) is 2.65. The average Bonchev–Trinajstić information content (AvgIpc) is 2.69. The molecule has 0 fully saturated rings. The van der Waals surface area contributed by atoms with Gasteiger partial charge in [0, 0.05) is 10.0 Å². The second kappa shape index (κ2) is 4.90. The summed E-state index contributed by atoms with van der Waals surface area (Å²) in [6.45, 7) is 2.08. The van der Waals surface area contributed by atoms with Crippen LogP contribution in [0.1, 0.15) is 11.1 Å². The molecule has 0 atom stereocenters. The van der Waals surface area contributed by atoms with Gasteiger partial charge >= 0.3 is 5.76 Å². The number of aryl methyl sites for hydroxylation is 1. The molecule has 3 nitrogen and oxygen atoms in total.